The fourth-order valence-electron chi connectivity index (χ4n) is 9.63. The van der Waals surface area contributed by atoms with Crippen LogP contribution < -0.4 is 16.0 Å². The summed E-state index contributed by atoms with van der Waals surface area (Å²) in [6.45, 7) is 11.5. The van der Waals surface area contributed by atoms with Crippen LogP contribution in [0.3, 0.4) is 0 Å². The molecular weight excluding hydrogens is 478 g/mol. The van der Waals surface area contributed by atoms with Gasteiger partial charge >= 0.3 is 12.1 Å². The topological polar surface area (TPSA) is 88.7 Å². The molecule has 218 valence electrons. The lowest BCUT2D eigenvalue weighted by Gasteiger charge is -2.63. The Hall–Kier alpha value is -1.34. The highest BCUT2D eigenvalue weighted by molar-refractivity contribution is 5.69. The van der Waals surface area contributed by atoms with Crippen LogP contribution in [0.15, 0.2) is 0 Å². The highest BCUT2D eigenvalue weighted by Gasteiger charge is 2.62. The minimum atomic E-state index is -0.275. The first-order chi connectivity index (χ1) is 18.1. The van der Waals surface area contributed by atoms with Gasteiger partial charge < -0.3 is 25.4 Å². The summed E-state index contributed by atoms with van der Waals surface area (Å²) in [6, 6.07) is 1.27. The summed E-state index contributed by atoms with van der Waals surface area (Å²) in [6.07, 6.45) is 12.1. The van der Waals surface area contributed by atoms with Gasteiger partial charge in [-0.2, -0.15) is 0 Å². The van der Waals surface area contributed by atoms with Gasteiger partial charge in [0.1, 0.15) is 0 Å². The van der Waals surface area contributed by atoms with Crippen molar-refractivity contribution in [1.82, 2.24) is 16.0 Å². The van der Waals surface area contributed by atoms with E-state index in [0.717, 1.165) is 32.4 Å². The second-order valence-corrected chi connectivity index (χ2v) is 13.8. The van der Waals surface area contributed by atoms with Crippen molar-refractivity contribution in [3.05, 3.63) is 0 Å². The van der Waals surface area contributed by atoms with Gasteiger partial charge in [0, 0.05) is 37.6 Å². The second kappa shape index (κ2) is 12.4. The Bertz CT molecular complexity index is 821. The fourth-order valence-corrected chi connectivity index (χ4v) is 9.63. The Morgan fingerprint density at radius 3 is 2.37 bits per heavy atom. The normalized spacial score (nSPS) is 40.1. The zero-order valence-corrected chi connectivity index (χ0v) is 24.9. The van der Waals surface area contributed by atoms with Crippen LogP contribution in [0.1, 0.15) is 98.3 Å². The van der Waals surface area contributed by atoms with Crippen LogP contribution in [-0.2, 0) is 14.3 Å². The van der Waals surface area contributed by atoms with Crippen LogP contribution in [-0.4, -0.2) is 57.5 Å². The third-order valence-electron chi connectivity index (χ3n) is 11.7. The van der Waals surface area contributed by atoms with E-state index >= 15 is 0 Å². The van der Waals surface area contributed by atoms with Crippen molar-refractivity contribution in [1.29, 1.82) is 0 Å². The van der Waals surface area contributed by atoms with Gasteiger partial charge in [0.2, 0.25) is 0 Å². The number of methoxy groups -OCH3 is 2. The molecule has 0 spiro atoms. The van der Waals surface area contributed by atoms with Crippen molar-refractivity contribution in [2.24, 2.45) is 40.4 Å². The van der Waals surface area contributed by atoms with Crippen LogP contribution in [0.25, 0.3) is 0 Å². The van der Waals surface area contributed by atoms with E-state index in [0.29, 0.717) is 58.9 Å². The van der Waals surface area contributed by atoms with E-state index in [2.05, 4.69) is 43.6 Å². The van der Waals surface area contributed by atoms with E-state index in [9.17, 15) is 9.59 Å². The molecule has 1 amide bonds. The van der Waals surface area contributed by atoms with E-state index in [4.69, 9.17) is 9.47 Å². The van der Waals surface area contributed by atoms with Crippen molar-refractivity contribution >= 4 is 12.1 Å². The number of amides is 1. The summed E-state index contributed by atoms with van der Waals surface area (Å²) in [5, 5.41) is 10.7. The number of fused-ring (bicyclic) bond motifs is 5. The Labute approximate surface area is 231 Å². The highest BCUT2D eigenvalue weighted by Crippen LogP contribution is 2.68. The van der Waals surface area contributed by atoms with E-state index in [-0.39, 0.29) is 18.1 Å². The number of ether oxygens (including phenoxy) is 2. The van der Waals surface area contributed by atoms with E-state index in [1.807, 2.05) is 0 Å². The van der Waals surface area contributed by atoms with Crippen molar-refractivity contribution in [2.45, 2.75) is 116 Å². The van der Waals surface area contributed by atoms with E-state index in [1.165, 1.54) is 59.2 Å². The smallest absolute Gasteiger partial charge is 0.407 e. The molecule has 4 fully saturated rings. The summed E-state index contributed by atoms with van der Waals surface area (Å²) in [4.78, 5) is 24.3. The highest BCUT2D eigenvalue weighted by atomic mass is 16.5. The average molecular weight is 534 g/mol. The van der Waals surface area contributed by atoms with E-state index < -0.39 is 0 Å². The summed E-state index contributed by atoms with van der Waals surface area (Å²) >= 11 is 0. The van der Waals surface area contributed by atoms with Crippen LogP contribution in [0, 0.1) is 40.4 Å². The Morgan fingerprint density at radius 1 is 0.921 bits per heavy atom. The lowest BCUT2D eigenvalue weighted by Crippen LogP contribution is -2.62. The SMILES string of the molecule is COC(=O)CCCC1CCC2C3C(CC[C@]12C)[C@@]1(C)CC[C@H](NCCNC(C)C)C[C@@H]1C[C@H]3NC(=O)OC. The van der Waals surface area contributed by atoms with Gasteiger partial charge in [-0.05, 0) is 105 Å². The van der Waals surface area contributed by atoms with E-state index in [1.54, 1.807) is 0 Å². The molecule has 38 heavy (non-hydrogen) atoms. The number of hydrogen-bond acceptors (Lipinski definition) is 6. The summed E-state index contributed by atoms with van der Waals surface area (Å²) in [5.41, 5.74) is 0.635. The number of alkyl carbamates (subject to hydrolysis) is 1. The largest absolute Gasteiger partial charge is 0.469 e. The predicted octanol–water partition coefficient (Wildman–Crippen LogP) is 5.28. The number of carbonyl (C=O) groups excluding carboxylic acids is 2. The maximum absolute atomic E-state index is 12.6. The molecule has 4 saturated carbocycles. The van der Waals surface area contributed by atoms with Crippen LogP contribution in [0.4, 0.5) is 4.79 Å². The Morgan fingerprint density at radius 2 is 1.66 bits per heavy atom. The molecule has 3 N–H and O–H groups in total. The number of carbonyl (C=O) groups is 2. The third-order valence-corrected chi connectivity index (χ3v) is 11.7. The van der Waals surface area contributed by atoms with Gasteiger partial charge in [0.25, 0.3) is 0 Å². The first-order valence-corrected chi connectivity index (χ1v) is 15.5. The molecule has 0 heterocycles. The zero-order chi connectivity index (χ0) is 27.5. The number of rotatable bonds is 10. The van der Waals surface area contributed by atoms with Gasteiger partial charge in [-0.3, -0.25) is 4.79 Å². The molecule has 4 aliphatic rings. The van der Waals surface area contributed by atoms with Crippen molar-refractivity contribution < 1.29 is 19.1 Å². The second-order valence-electron chi connectivity index (χ2n) is 13.8. The molecule has 0 radical (unpaired) electrons. The molecule has 0 aromatic heterocycles. The molecule has 7 nitrogen and oxygen atoms in total. The molecule has 0 aromatic rings. The summed E-state index contributed by atoms with van der Waals surface area (Å²) in [5.74, 6) is 2.97. The molecule has 7 heteroatoms. The standard InChI is InChI=1S/C31H55N3O4/c1-20(2)32-16-17-33-23-12-14-31(4)22(18-23)19-26(34-29(36)38-6)28-24-11-10-21(8-7-9-27(35)37-5)30(24,3)15-13-25(28)31/h20-26,28,32-33H,7-19H2,1-6H3,(H,34,36)/t21?,22-,23+,24?,25?,26-,28?,30-,31+/m1/s1. The minimum Gasteiger partial charge on any atom is -0.469 e. The molecule has 4 aliphatic carbocycles. The van der Waals surface area contributed by atoms with Gasteiger partial charge in [-0.25, -0.2) is 4.79 Å². The molecule has 9 atom stereocenters. The monoisotopic (exact) mass is 533 g/mol. The quantitative estimate of drug-likeness (QED) is 0.262. The first-order valence-electron chi connectivity index (χ1n) is 15.5. The average Bonchev–Trinajstić information content (AvgIpc) is 3.22. The molecular formula is C31H55N3O4. The number of nitrogens with one attached hydrogen (secondary N) is 3. The summed E-state index contributed by atoms with van der Waals surface area (Å²) in [7, 11) is 2.97. The lowest BCUT2D eigenvalue weighted by molar-refractivity contribution is -0.141. The maximum Gasteiger partial charge on any atom is 0.407 e. The number of hydrogen-bond donors (Lipinski definition) is 3. The molecule has 0 aromatic carbocycles. The van der Waals surface area contributed by atoms with Gasteiger partial charge in [0.05, 0.1) is 14.2 Å². The first kappa shape index (κ1) is 29.6. The van der Waals surface area contributed by atoms with Crippen LogP contribution in [0.5, 0.6) is 0 Å². The van der Waals surface area contributed by atoms with Crippen LogP contribution >= 0.6 is 0 Å². The van der Waals surface area contributed by atoms with Gasteiger partial charge in [-0.15, -0.1) is 0 Å². The fraction of sp³-hybridized carbons (Fsp3) is 0.935. The molecule has 0 bridgehead atoms. The maximum atomic E-state index is 12.6. The molecule has 0 saturated heterocycles. The van der Waals surface area contributed by atoms with Crippen molar-refractivity contribution in [2.75, 3.05) is 27.3 Å². The number of esters is 1. The zero-order valence-electron chi connectivity index (χ0n) is 24.9. The predicted molar refractivity (Wildman–Crippen MR) is 151 cm³/mol. The molecule has 0 aliphatic heterocycles. The van der Waals surface area contributed by atoms with Crippen molar-refractivity contribution in [3.8, 4) is 0 Å². The minimum absolute atomic E-state index is 0.0942. The Kier molecular flexibility index (Phi) is 9.71. The van der Waals surface area contributed by atoms with Crippen LogP contribution in [0.2, 0.25) is 0 Å². The van der Waals surface area contributed by atoms with Gasteiger partial charge in [0.15, 0.2) is 0 Å². The van der Waals surface area contributed by atoms with Crippen molar-refractivity contribution in [3.63, 3.8) is 0 Å². The Balaban J connectivity index is 1.48. The van der Waals surface area contributed by atoms with Gasteiger partial charge in [-0.1, -0.05) is 27.7 Å². The summed E-state index contributed by atoms with van der Waals surface area (Å²) < 4.78 is 10.0. The molecule has 4 unspecified atom stereocenters. The third kappa shape index (κ3) is 6.04. The molecule has 4 rings (SSSR count). The lowest BCUT2D eigenvalue weighted by atomic mass is 9.43.